The van der Waals surface area contributed by atoms with Gasteiger partial charge < -0.3 is 5.11 Å². The Morgan fingerprint density at radius 2 is 1.88 bits per heavy atom. The molecule has 2 nitrogen and oxygen atoms in total. The minimum absolute atomic E-state index is 0.228. The van der Waals surface area contributed by atoms with Gasteiger partial charge in [0, 0.05) is 24.9 Å². The lowest BCUT2D eigenvalue weighted by Gasteiger charge is -2.11. The fraction of sp³-hybridized carbons (Fsp3) is 0.154. The zero-order valence-corrected chi connectivity index (χ0v) is 8.98. The second-order valence-corrected chi connectivity index (χ2v) is 3.78. The zero-order chi connectivity index (χ0) is 12.3. The van der Waals surface area contributed by atoms with E-state index in [2.05, 4.69) is 4.98 Å². The van der Waals surface area contributed by atoms with Gasteiger partial charge in [0.05, 0.1) is 6.10 Å². The van der Waals surface area contributed by atoms with Crippen molar-refractivity contribution in [2.75, 3.05) is 0 Å². The lowest BCUT2D eigenvalue weighted by Crippen LogP contribution is -2.03. The van der Waals surface area contributed by atoms with E-state index in [0.717, 1.165) is 23.8 Å². The number of hydrogen-bond acceptors (Lipinski definition) is 2. The van der Waals surface area contributed by atoms with Crippen molar-refractivity contribution in [1.82, 2.24) is 4.98 Å². The van der Waals surface area contributed by atoms with Crippen molar-refractivity contribution in [3.8, 4) is 0 Å². The van der Waals surface area contributed by atoms with Crippen LogP contribution in [0.5, 0.6) is 0 Å². The van der Waals surface area contributed by atoms with E-state index in [-0.39, 0.29) is 12.0 Å². The minimum atomic E-state index is -0.940. The van der Waals surface area contributed by atoms with E-state index in [1.54, 1.807) is 24.5 Å². The highest BCUT2D eigenvalue weighted by Gasteiger charge is 2.11. The van der Waals surface area contributed by atoms with Crippen LogP contribution >= 0.6 is 0 Å². The van der Waals surface area contributed by atoms with Gasteiger partial charge in [0.1, 0.15) is 11.6 Å². The van der Waals surface area contributed by atoms with E-state index in [1.807, 2.05) is 0 Å². The first-order chi connectivity index (χ1) is 8.15. The molecule has 0 fully saturated rings. The van der Waals surface area contributed by atoms with Crippen LogP contribution in [0, 0.1) is 11.6 Å². The van der Waals surface area contributed by atoms with Crippen LogP contribution in [0.25, 0.3) is 0 Å². The van der Waals surface area contributed by atoms with Crippen molar-refractivity contribution in [3.05, 3.63) is 65.5 Å². The molecule has 1 heterocycles. The van der Waals surface area contributed by atoms with Gasteiger partial charge in [-0.15, -0.1) is 0 Å². The molecule has 0 aliphatic carbocycles. The largest absolute Gasteiger partial charge is 0.388 e. The standard InChI is InChI=1S/C13H11F2NO/c14-11-5-10(6-12(15)7-11)13(17)4-9-2-1-3-16-8-9/h1-3,5-8,13,17H,4H2. The summed E-state index contributed by atoms with van der Waals surface area (Å²) in [5.74, 6) is -1.38. The van der Waals surface area contributed by atoms with Gasteiger partial charge in [-0.25, -0.2) is 8.78 Å². The molecule has 17 heavy (non-hydrogen) atoms. The van der Waals surface area contributed by atoms with Crippen molar-refractivity contribution < 1.29 is 13.9 Å². The average molecular weight is 235 g/mol. The van der Waals surface area contributed by atoms with E-state index in [4.69, 9.17) is 0 Å². The molecule has 1 N–H and O–H groups in total. The Hall–Kier alpha value is -1.81. The molecule has 2 rings (SSSR count). The molecule has 88 valence electrons. The molecular formula is C13H11F2NO. The van der Waals surface area contributed by atoms with E-state index in [9.17, 15) is 13.9 Å². The highest BCUT2D eigenvalue weighted by molar-refractivity contribution is 5.22. The van der Waals surface area contributed by atoms with Crippen LogP contribution in [0.2, 0.25) is 0 Å². The molecule has 1 aromatic heterocycles. The van der Waals surface area contributed by atoms with Crippen LogP contribution < -0.4 is 0 Å². The summed E-state index contributed by atoms with van der Waals surface area (Å²) in [4.78, 5) is 3.91. The first kappa shape index (κ1) is 11.7. The highest BCUT2D eigenvalue weighted by atomic mass is 19.1. The SMILES string of the molecule is OC(Cc1cccnc1)c1cc(F)cc(F)c1. The van der Waals surface area contributed by atoms with E-state index in [1.165, 1.54) is 0 Å². The molecule has 4 heteroatoms. The second-order valence-electron chi connectivity index (χ2n) is 3.78. The topological polar surface area (TPSA) is 33.1 Å². The predicted molar refractivity (Wildman–Crippen MR) is 59.3 cm³/mol. The van der Waals surface area contributed by atoms with Gasteiger partial charge in [-0.05, 0) is 29.3 Å². The molecule has 1 atom stereocenters. The Morgan fingerprint density at radius 3 is 2.47 bits per heavy atom. The summed E-state index contributed by atoms with van der Waals surface area (Å²) in [5, 5.41) is 9.86. The summed E-state index contributed by atoms with van der Waals surface area (Å²) in [7, 11) is 0. The maximum atomic E-state index is 13.0. The van der Waals surface area contributed by atoms with Crippen LogP contribution in [-0.2, 0) is 6.42 Å². The Morgan fingerprint density at radius 1 is 1.18 bits per heavy atom. The lowest BCUT2D eigenvalue weighted by atomic mass is 10.0. The Balaban J connectivity index is 2.17. The van der Waals surface area contributed by atoms with Crippen LogP contribution in [0.15, 0.2) is 42.7 Å². The number of rotatable bonds is 3. The molecule has 0 saturated heterocycles. The van der Waals surface area contributed by atoms with Crippen LogP contribution in [-0.4, -0.2) is 10.1 Å². The lowest BCUT2D eigenvalue weighted by molar-refractivity contribution is 0.177. The van der Waals surface area contributed by atoms with Gasteiger partial charge in [0.2, 0.25) is 0 Å². The maximum absolute atomic E-state index is 13.0. The van der Waals surface area contributed by atoms with Crippen molar-refractivity contribution in [3.63, 3.8) is 0 Å². The normalized spacial score (nSPS) is 12.4. The fourth-order valence-electron chi connectivity index (χ4n) is 1.63. The third-order valence-electron chi connectivity index (χ3n) is 2.42. The number of aromatic nitrogens is 1. The van der Waals surface area contributed by atoms with Crippen molar-refractivity contribution in [2.24, 2.45) is 0 Å². The van der Waals surface area contributed by atoms with Crippen LogP contribution in [0.1, 0.15) is 17.2 Å². The average Bonchev–Trinajstić information content (AvgIpc) is 2.29. The van der Waals surface area contributed by atoms with E-state index < -0.39 is 17.7 Å². The number of aliphatic hydroxyl groups excluding tert-OH is 1. The van der Waals surface area contributed by atoms with Crippen LogP contribution in [0.3, 0.4) is 0 Å². The van der Waals surface area contributed by atoms with Gasteiger partial charge in [-0.3, -0.25) is 4.98 Å². The molecule has 0 bridgehead atoms. The Bertz CT molecular complexity index is 482. The summed E-state index contributed by atoms with van der Waals surface area (Å²) >= 11 is 0. The monoisotopic (exact) mass is 235 g/mol. The molecule has 0 radical (unpaired) electrons. The van der Waals surface area contributed by atoms with Crippen molar-refractivity contribution in [1.29, 1.82) is 0 Å². The zero-order valence-electron chi connectivity index (χ0n) is 8.98. The number of pyridine rings is 1. The third-order valence-corrected chi connectivity index (χ3v) is 2.42. The van der Waals surface area contributed by atoms with E-state index >= 15 is 0 Å². The van der Waals surface area contributed by atoms with Crippen LogP contribution in [0.4, 0.5) is 8.78 Å². The number of aliphatic hydroxyl groups is 1. The third kappa shape index (κ3) is 3.07. The molecule has 0 aliphatic heterocycles. The summed E-state index contributed by atoms with van der Waals surface area (Å²) in [6, 6.07) is 6.58. The van der Waals surface area contributed by atoms with Gasteiger partial charge in [-0.1, -0.05) is 6.07 Å². The molecule has 0 aliphatic rings. The summed E-state index contributed by atoms with van der Waals surface area (Å²) in [6.45, 7) is 0. The van der Waals surface area contributed by atoms with E-state index in [0.29, 0.717) is 0 Å². The minimum Gasteiger partial charge on any atom is -0.388 e. The first-order valence-corrected chi connectivity index (χ1v) is 5.18. The van der Waals surface area contributed by atoms with Gasteiger partial charge in [0.25, 0.3) is 0 Å². The molecule has 0 amide bonds. The Labute approximate surface area is 97.6 Å². The summed E-state index contributed by atoms with van der Waals surface area (Å²) in [5.41, 5.74) is 1.04. The molecule has 1 aromatic carbocycles. The smallest absolute Gasteiger partial charge is 0.126 e. The first-order valence-electron chi connectivity index (χ1n) is 5.18. The molecule has 0 spiro atoms. The predicted octanol–water partition coefficient (Wildman–Crippen LogP) is 2.64. The maximum Gasteiger partial charge on any atom is 0.126 e. The molecule has 0 saturated carbocycles. The quantitative estimate of drug-likeness (QED) is 0.887. The molecular weight excluding hydrogens is 224 g/mol. The second kappa shape index (κ2) is 5.01. The number of halogens is 2. The van der Waals surface area contributed by atoms with Crippen molar-refractivity contribution >= 4 is 0 Å². The fourth-order valence-corrected chi connectivity index (χ4v) is 1.63. The molecule has 1 unspecified atom stereocenters. The number of hydrogen-bond donors (Lipinski definition) is 1. The number of benzene rings is 1. The molecule has 2 aromatic rings. The number of nitrogens with zero attached hydrogens (tertiary/aromatic N) is 1. The summed E-state index contributed by atoms with van der Waals surface area (Å²) < 4.78 is 25.9. The van der Waals surface area contributed by atoms with Gasteiger partial charge in [0.15, 0.2) is 0 Å². The van der Waals surface area contributed by atoms with Gasteiger partial charge >= 0.3 is 0 Å². The Kier molecular flexibility index (Phi) is 3.44. The summed E-state index contributed by atoms with van der Waals surface area (Å²) in [6.07, 6.45) is 2.57. The highest BCUT2D eigenvalue weighted by Crippen LogP contribution is 2.19. The van der Waals surface area contributed by atoms with Gasteiger partial charge in [-0.2, -0.15) is 0 Å². The van der Waals surface area contributed by atoms with Crippen molar-refractivity contribution in [2.45, 2.75) is 12.5 Å².